The van der Waals surface area contributed by atoms with E-state index < -0.39 is 5.97 Å². The maximum absolute atomic E-state index is 12.8. The Labute approximate surface area is 165 Å². The molecule has 7 unspecified atom stereocenters. The van der Waals surface area contributed by atoms with Gasteiger partial charge in [-0.1, -0.05) is 18.6 Å². The Bertz CT molecular complexity index is 840. The molecule has 7 atom stereocenters. The lowest BCUT2D eigenvalue weighted by atomic mass is 9.47. The Kier molecular flexibility index (Phi) is 3.69. The number of fused-ring (bicyclic) bond motifs is 3. The van der Waals surface area contributed by atoms with Crippen LogP contribution in [-0.2, 0) is 23.9 Å². The summed E-state index contributed by atoms with van der Waals surface area (Å²) in [5.74, 6) is 0.507. The van der Waals surface area contributed by atoms with E-state index in [2.05, 4.69) is 19.9 Å². The van der Waals surface area contributed by atoms with Crippen LogP contribution in [0.5, 0.6) is 0 Å². The van der Waals surface area contributed by atoms with E-state index in [4.69, 9.17) is 9.47 Å². The monoisotopic (exact) mass is 384 g/mol. The van der Waals surface area contributed by atoms with Crippen molar-refractivity contribution < 1.29 is 23.9 Å². The molecule has 5 rings (SSSR count). The first kappa shape index (κ1) is 18.3. The molecule has 0 amide bonds. The number of allylic oxidation sites excluding steroid dienone is 2. The molecule has 5 nitrogen and oxygen atoms in total. The standard InChI is InChI=1S/C23H28O5/c1-13(24)27-12-19(26)18-7-6-16-17-5-4-14-10-15(25)8-9-22(14,3)23(17)20(28-23)11-21(16,18)2/h8-10,16-18,20H,4-7,11-12H2,1-3H3. The van der Waals surface area contributed by atoms with Gasteiger partial charge in [0.1, 0.15) is 12.2 Å². The molecule has 1 spiro atoms. The highest BCUT2D eigenvalue weighted by Crippen LogP contribution is 2.75. The Morgan fingerprint density at radius 1 is 1.21 bits per heavy atom. The van der Waals surface area contributed by atoms with E-state index in [1.165, 1.54) is 12.5 Å². The number of carbonyl (C=O) groups excluding carboxylic acids is 3. The van der Waals surface area contributed by atoms with Gasteiger partial charge in [-0.15, -0.1) is 0 Å². The normalized spacial score (nSPS) is 48.0. The number of ether oxygens (including phenoxy) is 2. The maximum atomic E-state index is 12.8. The molecule has 0 radical (unpaired) electrons. The van der Waals surface area contributed by atoms with E-state index in [1.807, 2.05) is 6.08 Å². The molecule has 1 saturated heterocycles. The van der Waals surface area contributed by atoms with Crippen LogP contribution in [0.4, 0.5) is 0 Å². The van der Waals surface area contributed by atoms with Crippen LogP contribution >= 0.6 is 0 Å². The largest absolute Gasteiger partial charge is 0.458 e. The molecule has 1 heterocycles. The Hall–Kier alpha value is -1.75. The average Bonchev–Trinajstić information content (AvgIpc) is 3.25. The summed E-state index contributed by atoms with van der Waals surface area (Å²) in [7, 11) is 0. The number of hydrogen-bond donors (Lipinski definition) is 0. The first-order valence-electron chi connectivity index (χ1n) is 10.5. The maximum Gasteiger partial charge on any atom is 0.303 e. The molecular formula is C23H28O5. The van der Waals surface area contributed by atoms with Gasteiger partial charge in [-0.05, 0) is 68.4 Å². The van der Waals surface area contributed by atoms with Crippen molar-refractivity contribution >= 4 is 17.5 Å². The number of rotatable bonds is 3. The second kappa shape index (κ2) is 5.65. The van der Waals surface area contributed by atoms with E-state index >= 15 is 0 Å². The van der Waals surface area contributed by atoms with E-state index in [-0.39, 0.29) is 46.6 Å². The van der Waals surface area contributed by atoms with E-state index in [0.717, 1.165) is 32.1 Å². The fourth-order valence-corrected chi connectivity index (χ4v) is 7.45. The Balaban J connectivity index is 1.45. The van der Waals surface area contributed by atoms with Gasteiger partial charge in [-0.2, -0.15) is 0 Å². The predicted octanol–water partition coefficient (Wildman–Crippen LogP) is 3.17. The minimum absolute atomic E-state index is 0.0547. The van der Waals surface area contributed by atoms with Crippen molar-refractivity contribution in [2.75, 3.05) is 6.61 Å². The lowest BCUT2D eigenvalue weighted by Crippen LogP contribution is -2.57. The molecule has 28 heavy (non-hydrogen) atoms. The number of ketones is 2. The van der Waals surface area contributed by atoms with Crippen LogP contribution in [0, 0.1) is 28.6 Å². The molecule has 0 aromatic heterocycles. The molecule has 0 bridgehead atoms. The summed E-state index contributed by atoms with van der Waals surface area (Å²) in [6.45, 7) is 5.71. The van der Waals surface area contributed by atoms with Crippen LogP contribution in [0.3, 0.4) is 0 Å². The molecule has 0 aromatic rings. The fourth-order valence-electron chi connectivity index (χ4n) is 7.45. The lowest BCUT2D eigenvalue weighted by Gasteiger charge is -2.54. The number of carbonyl (C=O) groups is 3. The Morgan fingerprint density at radius 3 is 2.75 bits per heavy atom. The minimum Gasteiger partial charge on any atom is -0.458 e. The summed E-state index contributed by atoms with van der Waals surface area (Å²) in [6, 6.07) is 0. The third kappa shape index (κ3) is 2.14. The van der Waals surface area contributed by atoms with E-state index in [0.29, 0.717) is 11.8 Å². The van der Waals surface area contributed by atoms with Crippen molar-refractivity contribution in [1.82, 2.24) is 0 Å². The third-order valence-electron chi connectivity index (χ3n) is 8.74. The van der Waals surface area contributed by atoms with Crippen LogP contribution in [0.15, 0.2) is 23.8 Å². The molecule has 5 heteroatoms. The molecule has 3 saturated carbocycles. The zero-order valence-corrected chi connectivity index (χ0v) is 16.8. The SMILES string of the molecule is CC(=O)OCC(=O)C1CCC2C3CCC4=CC(=O)C=CC4(C)C34OC4CC12C. The van der Waals surface area contributed by atoms with Gasteiger partial charge in [0.25, 0.3) is 0 Å². The Morgan fingerprint density at radius 2 is 2.00 bits per heavy atom. The zero-order valence-electron chi connectivity index (χ0n) is 16.8. The number of epoxide rings is 1. The van der Waals surface area contributed by atoms with Crippen molar-refractivity contribution in [3.05, 3.63) is 23.8 Å². The van der Waals surface area contributed by atoms with Gasteiger partial charge >= 0.3 is 5.97 Å². The van der Waals surface area contributed by atoms with Crippen LogP contribution in [0.25, 0.3) is 0 Å². The summed E-state index contributed by atoms with van der Waals surface area (Å²) in [5.41, 5.74) is 0.683. The third-order valence-corrected chi connectivity index (χ3v) is 8.74. The fraction of sp³-hybridized carbons (Fsp3) is 0.696. The van der Waals surface area contributed by atoms with Gasteiger partial charge < -0.3 is 9.47 Å². The molecule has 0 N–H and O–H groups in total. The quantitative estimate of drug-likeness (QED) is 0.552. The predicted molar refractivity (Wildman–Crippen MR) is 101 cm³/mol. The van der Waals surface area contributed by atoms with Gasteiger partial charge in [-0.25, -0.2) is 0 Å². The first-order chi connectivity index (χ1) is 13.2. The lowest BCUT2D eigenvalue weighted by molar-refractivity contribution is -0.148. The van der Waals surface area contributed by atoms with Gasteiger partial charge in [0.05, 0.1) is 6.10 Å². The number of esters is 1. The summed E-state index contributed by atoms with van der Waals surface area (Å²) >= 11 is 0. The van der Waals surface area contributed by atoms with Gasteiger partial charge in [0.2, 0.25) is 0 Å². The topological polar surface area (TPSA) is 73.0 Å². The molecule has 1 aliphatic heterocycles. The molecule has 4 fully saturated rings. The first-order valence-corrected chi connectivity index (χ1v) is 10.5. The van der Waals surface area contributed by atoms with Gasteiger partial charge in [-0.3, -0.25) is 14.4 Å². The summed E-state index contributed by atoms with van der Waals surface area (Å²) < 4.78 is 11.5. The highest BCUT2D eigenvalue weighted by Gasteiger charge is 2.79. The summed E-state index contributed by atoms with van der Waals surface area (Å²) in [6.07, 6.45) is 10.4. The van der Waals surface area contributed by atoms with Gasteiger partial charge in [0, 0.05) is 18.3 Å². The van der Waals surface area contributed by atoms with Crippen LogP contribution in [0.1, 0.15) is 52.9 Å². The number of hydrogen-bond acceptors (Lipinski definition) is 5. The highest BCUT2D eigenvalue weighted by atomic mass is 16.6. The molecule has 5 aliphatic rings. The molecule has 0 aromatic carbocycles. The van der Waals surface area contributed by atoms with E-state index in [9.17, 15) is 14.4 Å². The minimum atomic E-state index is -0.403. The van der Waals surface area contributed by atoms with Crippen molar-refractivity contribution in [2.45, 2.75) is 64.6 Å². The van der Waals surface area contributed by atoms with Crippen LogP contribution in [0.2, 0.25) is 0 Å². The van der Waals surface area contributed by atoms with Crippen molar-refractivity contribution in [3.63, 3.8) is 0 Å². The zero-order chi connectivity index (χ0) is 19.9. The van der Waals surface area contributed by atoms with Gasteiger partial charge in [0.15, 0.2) is 11.6 Å². The van der Waals surface area contributed by atoms with Crippen LogP contribution in [-0.4, -0.2) is 35.8 Å². The second-order valence-electron chi connectivity index (χ2n) is 9.85. The summed E-state index contributed by atoms with van der Waals surface area (Å²) in [5, 5.41) is 0. The average molecular weight is 384 g/mol. The van der Waals surface area contributed by atoms with Crippen molar-refractivity contribution in [2.24, 2.45) is 28.6 Å². The highest BCUT2D eigenvalue weighted by molar-refractivity contribution is 6.01. The molecule has 150 valence electrons. The molecular weight excluding hydrogens is 356 g/mol. The summed E-state index contributed by atoms with van der Waals surface area (Å²) in [4.78, 5) is 35.9. The van der Waals surface area contributed by atoms with E-state index in [1.54, 1.807) is 6.08 Å². The smallest absolute Gasteiger partial charge is 0.303 e. The van der Waals surface area contributed by atoms with Crippen molar-refractivity contribution in [3.8, 4) is 0 Å². The van der Waals surface area contributed by atoms with Crippen molar-refractivity contribution in [1.29, 1.82) is 0 Å². The number of Topliss-reactive ketones (excluding diaryl/α,β-unsaturated/α-hetero) is 1. The second-order valence-corrected chi connectivity index (χ2v) is 9.85. The molecule has 4 aliphatic carbocycles. The van der Waals surface area contributed by atoms with Crippen LogP contribution < -0.4 is 0 Å².